The molecule has 0 radical (unpaired) electrons. The highest BCUT2D eigenvalue weighted by molar-refractivity contribution is 7.14. The fourth-order valence-corrected chi connectivity index (χ4v) is 2.51. The van der Waals surface area contributed by atoms with Gasteiger partial charge in [0, 0.05) is 6.07 Å². The third kappa shape index (κ3) is 2.01. The lowest BCUT2D eigenvalue weighted by Crippen LogP contribution is -2.10. The largest absolute Gasteiger partial charge is 0.384 e. The number of rotatable bonds is 2. The van der Waals surface area contributed by atoms with E-state index in [0.29, 0.717) is 5.82 Å². The smallest absolute Gasteiger partial charge is 0.122 e. The molecule has 0 fully saturated rings. The van der Waals surface area contributed by atoms with E-state index in [9.17, 15) is 0 Å². The summed E-state index contributed by atoms with van der Waals surface area (Å²) in [6, 6.07) is 3.94. The van der Waals surface area contributed by atoms with E-state index in [1.165, 1.54) is 11.3 Å². The van der Waals surface area contributed by atoms with Crippen LogP contribution in [-0.4, -0.2) is 9.78 Å². The predicted octanol–water partition coefficient (Wildman–Crippen LogP) is 3.10. The van der Waals surface area contributed by atoms with Crippen LogP contribution in [0.2, 0.25) is 4.34 Å². The molecule has 0 aromatic carbocycles. The van der Waals surface area contributed by atoms with Crippen molar-refractivity contribution in [1.29, 1.82) is 0 Å². The zero-order chi connectivity index (χ0) is 11.0. The highest BCUT2D eigenvalue weighted by Crippen LogP contribution is 2.28. The average Bonchev–Trinajstić information content (AvgIpc) is 2.71. The Morgan fingerprint density at radius 2 is 2.27 bits per heavy atom. The van der Waals surface area contributed by atoms with Crippen molar-refractivity contribution in [3.8, 4) is 0 Å². The highest BCUT2D eigenvalue weighted by Gasteiger charge is 2.13. The van der Waals surface area contributed by atoms with Crippen LogP contribution in [0.3, 0.4) is 0 Å². The fourth-order valence-electron chi connectivity index (χ4n) is 1.53. The van der Waals surface area contributed by atoms with Gasteiger partial charge in [0.2, 0.25) is 0 Å². The molecular formula is C10H12ClN3S. The van der Waals surface area contributed by atoms with Crippen molar-refractivity contribution >= 4 is 28.8 Å². The molecule has 0 aliphatic rings. The van der Waals surface area contributed by atoms with Crippen molar-refractivity contribution in [2.45, 2.75) is 19.9 Å². The van der Waals surface area contributed by atoms with E-state index in [4.69, 9.17) is 17.3 Å². The van der Waals surface area contributed by atoms with Gasteiger partial charge >= 0.3 is 0 Å². The maximum absolute atomic E-state index is 5.89. The number of nitrogens with two attached hydrogens (primary N) is 1. The highest BCUT2D eigenvalue weighted by atomic mass is 35.5. The van der Waals surface area contributed by atoms with Crippen molar-refractivity contribution in [3.63, 3.8) is 0 Å². The van der Waals surface area contributed by atoms with E-state index in [-0.39, 0.29) is 6.04 Å². The quantitative estimate of drug-likeness (QED) is 0.878. The number of anilines is 1. The predicted molar refractivity (Wildman–Crippen MR) is 64.5 cm³/mol. The van der Waals surface area contributed by atoms with Gasteiger partial charge in [-0.05, 0) is 30.9 Å². The minimum Gasteiger partial charge on any atom is -0.384 e. The van der Waals surface area contributed by atoms with Crippen LogP contribution in [0.25, 0.3) is 0 Å². The SMILES string of the molecule is Cc1cc(N)n(C(C)c2csc(Cl)c2)n1. The fraction of sp³-hybridized carbons (Fsp3) is 0.300. The Bertz CT molecular complexity index is 475. The van der Waals surface area contributed by atoms with Gasteiger partial charge in [0.15, 0.2) is 0 Å². The number of nitrogen functional groups attached to an aromatic ring is 1. The monoisotopic (exact) mass is 241 g/mol. The summed E-state index contributed by atoms with van der Waals surface area (Å²) in [5.41, 5.74) is 7.93. The average molecular weight is 242 g/mol. The summed E-state index contributed by atoms with van der Waals surface area (Å²) in [5.74, 6) is 0.683. The number of aromatic nitrogens is 2. The van der Waals surface area contributed by atoms with E-state index in [1.54, 1.807) is 0 Å². The zero-order valence-corrected chi connectivity index (χ0v) is 10.1. The molecule has 0 amide bonds. The van der Waals surface area contributed by atoms with Crippen LogP contribution >= 0.6 is 22.9 Å². The third-order valence-corrected chi connectivity index (χ3v) is 3.43. The Morgan fingerprint density at radius 3 is 2.73 bits per heavy atom. The molecular weight excluding hydrogens is 230 g/mol. The number of nitrogens with zero attached hydrogens (tertiary/aromatic N) is 2. The summed E-state index contributed by atoms with van der Waals surface area (Å²) in [5, 5.41) is 6.38. The van der Waals surface area contributed by atoms with Crippen molar-refractivity contribution in [2.24, 2.45) is 0 Å². The van der Waals surface area contributed by atoms with Gasteiger partial charge in [-0.3, -0.25) is 0 Å². The van der Waals surface area contributed by atoms with Gasteiger partial charge in [-0.2, -0.15) is 5.10 Å². The molecule has 2 N–H and O–H groups in total. The molecule has 0 saturated heterocycles. The van der Waals surface area contributed by atoms with Gasteiger partial charge in [-0.15, -0.1) is 11.3 Å². The van der Waals surface area contributed by atoms with Crippen LogP contribution in [0.15, 0.2) is 17.5 Å². The second-order valence-corrected chi connectivity index (χ2v) is 5.06. The van der Waals surface area contributed by atoms with Gasteiger partial charge in [-0.25, -0.2) is 4.68 Å². The maximum Gasteiger partial charge on any atom is 0.122 e. The van der Waals surface area contributed by atoms with E-state index in [0.717, 1.165) is 15.6 Å². The second-order valence-electron chi connectivity index (χ2n) is 3.52. The lowest BCUT2D eigenvalue weighted by molar-refractivity contribution is 0.570. The number of thiophene rings is 1. The first-order chi connectivity index (χ1) is 7.08. The van der Waals surface area contributed by atoms with Gasteiger partial charge < -0.3 is 5.73 Å². The van der Waals surface area contributed by atoms with Crippen molar-refractivity contribution in [2.75, 3.05) is 5.73 Å². The van der Waals surface area contributed by atoms with Crippen molar-refractivity contribution in [1.82, 2.24) is 9.78 Å². The van der Waals surface area contributed by atoms with Gasteiger partial charge in [0.1, 0.15) is 5.82 Å². The Hall–Kier alpha value is -1.00. The molecule has 0 bridgehead atoms. The lowest BCUT2D eigenvalue weighted by Gasteiger charge is -2.11. The Morgan fingerprint density at radius 1 is 1.53 bits per heavy atom. The summed E-state index contributed by atoms with van der Waals surface area (Å²) in [6.07, 6.45) is 0. The van der Waals surface area contributed by atoms with Crippen LogP contribution in [0.1, 0.15) is 24.2 Å². The molecule has 3 nitrogen and oxygen atoms in total. The number of hydrogen-bond acceptors (Lipinski definition) is 3. The molecule has 2 heterocycles. The normalized spacial score (nSPS) is 13.0. The Labute approximate surface area is 97.5 Å². The number of aryl methyl sites for hydroxylation is 1. The van der Waals surface area contributed by atoms with Crippen LogP contribution in [0.4, 0.5) is 5.82 Å². The van der Waals surface area contributed by atoms with Gasteiger partial charge in [-0.1, -0.05) is 11.6 Å². The van der Waals surface area contributed by atoms with Crippen LogP contribution in [-0.2, 0) is 0 Å². The van der Waals surface area contributed by atoms with Gasteiger partial charge in [0.25, 0.3) is 0 Å². The summed E-state index contributed by atoms with van der Waals surface area (Å²) < 4.78 is 2.60. The van der Waals surface area contributed by atoms with E-state index >= 15 is 0 Å². The summed E-state index contributed by atoms with van der Waals surface area (Å²) in [6.45, 7) is 3.99. The molecule has 5 heteroatoms. The molecule has 80 valence electrons. The third-order valence-electron chi connectivity index (χ3n) is 2.32. The minimum absolute atomic E-state index is 0.127. The van der Waals surface area contributed by atoms with Crippen molar-refractivity contribution in [3.05, 3.63) is 33.1 Å². The number of halogens is 1. The summed E-state index contributed by atoms with van der Waals surface area (Å²) >= 11 is 7.42. The van der Waals surface area contributed by atoms with Crippen molar-refractivity contribution < 1.29 is 0 Å². The molecule has 1 unspecified atom stereocenters. The molecule has 2 aromatic rings. The lowest BCUT2D eigenvalue weighted by atomic mass is 10.2. The molecule has 2 aromatic heterocycles. The minimum atomic E-state index is 0.127. The van der Waals surface area contributed by atoms with E-state index < -0.39 is 0 Å². The van der Waals surface area contributed by atoms with E-state index in [1.807, 2.05) is 29.1 Å². The first kappa shape index (κ1) is 10.5. The summed E-state index contributed by atoms with van der Waals surface area (Å²) in [4.78, 5) is 0. The molecule has 0 saturated carbocycles. The second kappa shape index (κ2) is 3.87. The molecule has 0 aliphatic heterocycles. The first-order valence-corrected chi connectivity index (χ1v) is 5.89. The molecule has 0 spiro atoms. The van der Waals surface area contributed by atoms with Gasteiger partial charge in [0.05, 0.1) is 16.1 Å². The topological polar surface area (TPSA) is 43.8 Å². The first-order valence-electron chi connectivity index (χ1n) is 4.63. The summed E-state index contributed by atoms with van der Waals surface area (Å²) in [7, 11) is 0. The maximum atomic E-state index is 5.89. The van der Waals surface area contributed by atoms with Crippen LogP contribution < -0.4 is 5.73 Å². The van der Waals surface area contributed by atoms with E-state index in [2.05, 4.69) is 12.0 Å². The molecule has 0 aliphatic carbocycles. The Kier molecular flexibility index (Phi) is 2.71. The standard InChI is InChI=1S/C10H12ClN3S/c1-6-3-10(12)14(13-6)7(2)8-4-9(11)15-5-8/h3-5,7H,12H2,1-2H3. The number of hydrogen-bond donors (Lipinski definition) is 1. The molecule has 15 heavy (non-hydrogen) atoms. The Balaban J connectivity index is 2.35. The molecule has 2 rings (SSSR count). The molecule has 1 atom stereocenters. The van der Waals surface area contributed by atoms with Crippen LogP contribution in [0.5, 0.6) is 0 Å². The zero-order valence-electron chi connectivity index (χ0n) is 8.57. The van der Waals surface area contributed by atoms with Crippen LogP contribution in [0, 0.1) is 6.92 Å².